The molecule has 1 aromatic heterocycles. The minimum Gasteiger partial charge on any atom is -0.390 e. The lowest BCUT2D eigenvalue weighted by atomic mass is 10.1. The molecule has 1 N–H and O–H groups in total. The molecule has 0 bridgehead atoms. The normalized spacial score (nSPS) is 16.6. The largest absolute Gasteiger partial charge is 0.390 e. The van der Waals surface area contributed by atoms with Gasteiger partial charge in [0.25, 0.3) is 0 Å². The number of aromatic nitrogens is 1. The molecule has 4 aromatic rings. The number of hydrogen-bond donors (Lipinski definition) is 1. The van der Waals surface area contributed by atoms with Crippen molar-refractivity contribution < 1.29 is 5.11 Å². The molecule has 0 spiro atoms. The minimum atomic E-state index is -0.391. The first-order valence-corrected chi connectivity index (χ1v) is 13.8. The van der Waals surface area contributed by atoms with Gasteiger partial charge in [-0.05, 0) is 93.6 Å². The van der Waals surface area contributed by atoms with Crippen LogP contribution in [0.25, 0.3) is 21.8 Å². The highest BCUT2D eigenvalue weighted by Crippen LogP contribution is 2.31. The van der Waals surface area contributed by atoms with E-state index in [0.29, 0.717) is 6.54 Å². The Labute approximate surface area is 222 Å². The molecule has 3 aromatic carbocycles. The molecule has 1 atom stereocenters. The predicted octanol–water partition coefficient (Wildman–Crippen LogP) is 5.22. The lowest BCUT2D eigenvalue weighted by molar-refractivity contribution is 0.0659. The summed E-state index contributed by atoms with van der Waals surface area (Å²) in [7, 11) is 0. The summed E-state index contributed by atoms with van der Waals surface area (Å²) in [4.78, 5) is 4.97. The third-order valence-corrected chi connectivity index (χ3v) is 8.02. The van der Waals surface area contributed by atoms with E-state index in [4.69, 9.17) is 0 Å². The van der Waals surface area contributed by atoms with Crippen molar-refractivity contribution in [2.24, 2.45) is 0 Å². The molecule has 0 unspecified atom stereocenters. The molecule has 0 aliphatic carbocycles. The van der Waals surface area contributed by atoms with E-state index in [1.54, 1.807) is 0 Å². The number of fused-ring (bicyclic) bond motifs is 3. The van der Waals surface area contributed by atoms with Crippen LogP contribution in [0.1, 0.15) is 5.56 Å². The summed E-state index contributed by atoms with van der Waals surface area (Å²) in [6, 6.07) is 24.0. The van der Waals surface area contributed by atoms with Gasteiger partial charge in [0.15, 0.2) is 0 Å². The van der Waals surface area contributed by atoms with E-state index in [9.17, 15) is 5.11 Å². The van der Waals surface area contributed by atoms with Gasteiger partial charge in [0.2, 0.25) is 0 Å². The van der Waals surface area contributed by atoms with Gasteiger partial charge in [0, 0.05) is 68.2 Å². The van der Waals surface area contributed by atoms with Crippen LogP contribution in [0.3, 0.4) is 0 Å². The van der Waals surface area contributed by atoms with E-state index in [2.05, 4.69) is 126 Å². The maximum atomic E-state index is 11.0. The average molecular weight is 665 g/mol. The lowest BCUT2D eigenvalue weighted by Gasteiger charge is -2.35. The number of nitrogens with zero attached hydrogens (tertiary/aromatic N) is 3. The molecule has 6 heteroatoms. The van der Waals surface area contributed by atoms with Crippen LogP contribution in [-0.2, 0) is 13.0 Å². The van der Waals surface area contributed by atoms with Crippen molar-refractivity contribution in [3.05, 3.63) is 79.4 Å². The topological polar surface area (TPSA) is 31.6 Å². The molecular weight excluding hydrogens is 636 g/mol. The number of aliphatic hydroxyl groups excluding tert-OH is 1. The monoisotopic (exact) mass is 665 g/mol. The van der Waals surface area contributed by atoms with Crippen molar-refractivity contribution in [3.8, 4) is 0 Å². The molecule has 4 nitrogen and oxygen atoms in total. The highest BCUT2D eigenvalue weighted by atomic mass is 127. The summed E-state index contributed by atoms with van der Waals surface area (Å²) in [5, 5.41) is 13.6. The summed E-state index contributed by atoms with van der Waals surface area (Å²) in [5.74, 6) is 0. The van der Waals surface area contributed by atoms with Gasteiger partial charge in [-0.2, -0.15) is 0 Å². The molecule has 0 amide bonds. The molecular formula is C27H29I2N3O. The first-order valence-electron chi connectivity index (χ1n) is 11.6. The van der Waals surface area contributed by atoms with Crippen molar-refractivity contribution in [2.45, 2.75) is 19.1 Å². The molecule has 2 heterocycles. The first kappa shape index (κ1) is 23.5. The lowest BCUT2D eigenvalue weighted by Crippen LogP contribution is -2.49. The standard InChI is InChI=1S/C27H29I2N3O/c28-21-6-8-26-24(16-21)25-17-22(29)7-9-27(25)32(26)19-23(33)18-31-14-12-30(13-15-31)11-10-20-4-2-1-3-5-20/h1-9,16-17,23,33H,10-15,18-19H2/t23-/m1/s1. The molecule has 5 rings (SSSR count). The first-order chi connectivity index (χ1) is 16.1. The van der Waals surface area contributed by atoms with E-state index in [1.807, 2.05) is 0 Å². The van der Waals surface area contributed by atoms with Crippen molar-refractivity contribution in [1.29, 1.82) is 0 Å². The molecule has 1 fully saturated rings. The van der Waals surface area contributed by atoms with Crippen molar-refractivity contribution >= 4 is 67.0 Å². The smallest absolute Gasteiger partial charge is 0.0845 e. The van der Waals surface area contributed by atoms with Gasteiger partial charge in [-0.1, -0.05) is 30.3 Å². The van der Waals surface area contributed by atoms with Gasteiger partial charge in [-0.25, -0.2) is 0 Å². The second-order valence-electron chi connectivity index (χ2n) is 8.97. The van der Waals surface area contributed by atoms with Gasteiger partial charge < -0.3 is 14.6 Å². The number of piperazine rings is 1. The summed E-state index contributed by atoms with van der Waals surface area (Å²) in [5.41, 5.74) is 3.82. The highest BCUT2D eigenvalue weighted by Gasteiger charge is 2.21. The van der Waals surface area contributed by atoms with E-state index in [1.165, 1.54) is 34.5 Å². The van der Waals surface area contributed by atoms with Gasteiger partial charge in [0.05, 0.1) is 12.6 Å². The predicted molar refractivity (Wildman–Crippen MR) is 154 cm³/mol. The van der Waals surface area contributed by atoms with Crippen LogP contribution in [0.2, 0.25) is 0 Å². The zero-order valence-electron chi connectivity index (χ0n) is 18.6. The molecule has 172 valence electrons. The quantitative estimate of drug-likeness (QED) is 0.275. The maximum absolute atomic E-state index is 11.0. The molecule has 1 aliphatic heterocycles. The Bertz CT molecular complexity index is 1170. The summed E-state index contributed by atoms with van der Waals surface area (Å²) < 4.78 is 4.78. The molecule has 33 heavy (non-hydrogen) atoms. The molecule has 1 saturated heterocycles. The number of rotatable bonds is 7. The third-order valence-electron chi connectivity index (χ3n) is 6.68. The van der Waals surface area contributed by atoms with Crippen molar-refractivity contribution in [1.82, 2.24) is 14.4 Å². The Hall–Kier alpha value is -1.20. The van der Waals surface area contributed by atoms with Gasteiger partial charge in [-0.15, -0.1) is 0 Å². The molecule has 0 saturated carbocycles. The van der Waals surface area contributed by atoms with Crippen molar-refractivity contribution in [3.63, 3.8) is 0 Å². The fraction of sp³-hybridized carbons (Fsp3) is 0.333. The average Bonchev–Trinajstić information content (AvgIpc) is 3.11. The van der Waals surface area contributed by atoms with E-state index < -0.39 is 6.10 Å². The molecule has 1 aliphatic rings. The number of hydrogen-bond acceptors (Lipinski definition) is 3. The van der Waals surface area contributed by atoms with Crippen LogP contribution in [0.15, 0.2) is 66.7 Å². The second kappa shape index (κ2) is 10.6. The second-order valence-corrected chi connectivity index (χ2v) is 11.5. The Balaban J connectivity index is 1.21. The number of aliphatic hydroxyl groups is 1. The Kier molecular flexibility index (Phi) is 7.56. The van der Waals surface area contributed by atoms with E-state index >= 15 is 0 Å². The Morgan fingerprint density at radius 1 is 0.727 bits per heavy atom. The highest BCUT2D eigenvalue weighted by molar-refractivity contribution is 14.1. The van der Waals surface area contributed by atoms with Crippen LogP contribution in [0, 0.1) is 7.14 Å². The summed E-state index contributed by atoms with van der Waals surface area (Å²) >= 11 is 4.76. The van der Waals surface area contributed by atoms with E-state index in [-0.39, 0.29) is 0 Å². The van der Waals surface area contributed by atoms with Crippen LogP contribution in [-0.4, -0.2) is 64.8 Å². The SMILES string of the molecule is O[C@H](CN1CCN(CCc2ccccc2)CC1)Cn1c2ccc(I)cc2c2cc(I)ccc21. The zero-order chi connectivity index (χ0) is 22.8. The third kappa shape index (κ3) is 5.56. The molecule has 0 radical (unpaired) electrons. The number of β-amino-alcohol motifs (C(OH)–C–C–N with tert-alkyl or cyclic N) is 1. The maximum Gasteiger partial charge on any atom is 0.0845 e. The van der Waals surface area contributed by atoms with Crippen LogP contribution >= 0.6 is 45.2 Å². The van der Waals surface area contributed by atoms with Crippen LogP contribution in [0.5, 0.6) is 0 Å². The number of halogens is 2. The fourth-order valence-electron chi connectivity index (χ4n) is 4.94. The zero-order valence-corrected chi connectivity index (χ0v) is 22.9. The number of benzene rings is 3. The summed E-state index contributed by atoms with van der Waals surface area (Å²) in [6.07, 6.45) is 0.716. The minimum absolute atomic E-state index is 0.391. The Morgan fingerprint density at radius 2 is 1.30 bits per heavy atom. The van der Waals surface area contributed by atoms with Crippen LogP contribution in [0.4, 0.5) is 0 Å². The van der Waals surface area contributed by atoms with E-state index in [0.717, 1.165) is 45.7 Å². The fourth-order valence-corrected chi connectivity index (χ4v) is 5.92. The Morgan fingerprint density at radius 3 is 1.91 bits per heavy atom. The van der Waals surface area contributed by atoms with Gasteiger partial charge in [0.1, 0.15) is 0 Å². The summed E-state index contributed by atoms with van der Waals surface area (Å²) in [6.45, 7) is 6.65. The van der Waals surface area contributed by atoms with Gasteiger partial charge in [-0.3, -0.25) is 4.90 Å². The van der Waals surface area contributed by atoms with Crippen molar-refractivity contribution in [2.75, 3.05) is 39.3 Å². The van der Waals surface area contributed by atoms with Crippen LogP contribution < -0.4 is 0 Å². The van der Waals surface area contributed by atoms with Gasteiger partial charge >= 0.3 is 0 Å².